The predicted octanol–water partition coefficient (Wildman–Crippen LogP) is 1.62. The van der Waals surface area contributed by atoms with Crippen LogP contribution in [0.25, 0.3) is 10.4 Å². The van der Waals surface area contributed by atoms with Crippen molar-refractivity contribution in [2.24, 2.45) is 5.11 Å². The highest BCUT2D eigenvalue weighted by Crippen LogP contribution is 1.83. The molecule has 0 fully saturated rings. The molecule has 0 atom stereocenters. The third-order valence-corrected chi connectivity index (χ3v) is 0.754. The summed E-state index contributed by atoms with van der Waals surface area (Å²) in [6, 6.07) is 0. The molecule has 0 aliphatic rings. The number of nitrogens with zero attached hydrogens (tertiary/aromatic N) is 3. The molecule has 0 radical (unpaired) electrons. The highest BCUT2D eigenvalue weighted by atomic mass is 32.1. The molecule has 0 N–H and O–H groups in total. The van der Waals surface area contributed by atoms with E-state index in [0.717, 1.165) is 24.7 Å². The zero-order valence-corrected chi connectivity index (χ0v) is 4.69. The zero-order valence-electron chi connectivity index (χ0n) is 4.87. The van der Waals surface area contributed by atoms with E-state index < -0.39 is 0 Å². The van der Waals surface area contributed by atoms with Gasteiger partial charge in [0.2, 0.25) is 0 Å². The topological polar surface area (TPSA) is 48.8 Å². The summed E-state index contributed by atoms with van der Waals surface area (Å²) in [7, 11) is 0. The minimum Gasteiger partial charge on any atom is -0.179 e. The van der Waals surface area contributed by atoms with E-state index in [0.29, 0.717) is 6.54 Å². The Balaban J connectivity index is 2.82. The minimum atomic E-state index is 0.516. The van der Waals surface area contributed by atoms with E-state index in [2.05, 4.69) is 10.0 Å². The number of thiol groups is 1. The Bertz CT molecular complexity index is 90.5. The molecule has 0 rings (SSSR count). The molecule has 0 unspecified atom stereocenters. The van der Waals surface area contributed by atoms with Crippen molar-refractivity contribution in [1.29, 1.82) is 1.12 Å². The molecule has 0 heterocycles. The summed E-state index contributed by atoms with van der Waals surface area (Å²) >= 11 is 1.02. The van der Waals surface area contributed by atoms with Gasteiger partial charge in [-0.1, -0.05) is 5.11 Å². The van der Waals surface area contributed by atoms with Crippen LogP contribution in [0.1, 0.15) is 6.42 Å². The van der Waals surface area contributed by atoms with Crippen molar-refractivity contribution < 1.29 is 0 Å². The molecule has 4 heteroatoms. The molecule has 0 amide bonds. The molecule has 0 spiro atoms. The second-order valence-corrected chi connectivity index (χ2v) is 1.42. The molecule has 0 aromatic carbocycles. The molecule has 7 heavy (non-hydrogen) atoms. The van der Waals surface area contributed by atoms with Crippen molar-refractivity contribution in [3.63, 3.8) is 0 Å². The summed E-state index contributed by atoms with van der Waals surface area (Å²) in [4.78, 5) is 2.56. The van der Waals surface area contributed by atoms with Gasteiger partial charge in [0.1, 0.15) is 1.12 Å². The Morgan fingerprint density at radius 2 is 2.86 bits per heavy atom. The fourth-order valence-corrected chi connectivity index (χ4v) is 0.309. The van der Waals surface area contributed by atoms with Crippen molar-refractivity contribution >= 4 is 12.5 Å². The van der Waals surface area contributed by atoms with Crippen LogP contribution in [0.5, 0.6) is 0 Å². The van der Waals surface area contributed by atoms with Gasteiger partial charge < -0.3 is 0 Å². The largest absolute Gasteiger partial charge is 0.179 e. The van der Waals surface area contributed by atoms with Crippen molar-refractivity contribution in [2.75, 3.05) is 12.3 Å². The molecule has 0 bridgehead atoms. The molecule has 0 saturated carbocycles. The summed E-state index contributed by atoms with van der Waals surface area (Å²) in [6.45, 7) is 0.516. The Labute approximate surface area is 48.8 Å². The second-order valence-electron chi connectivity index (χ2n) is 1.01. The fourth-order valence-electron chi connectivity index (χ4n) is 0.180. The maximum atomic E-state index is 7.77. The van der Waals surface area contributed by atoms with Crippen LogP contribution < -0.4 is 0 Å². The molecule has 40 valence electrons. The average Bonchev–Trinajstić information content (AvgIpc) is 1.81. The summed E-state index contributed by atoms with van der Waals surface area (Å²) in [6.07, 6.45) is 0.804. The van der Waals surface area contributed by atoms with Crippen molar-refractivity contribution in [1.82, 2.24) is 0 Å². The van der Waals surface area contributed by atoms with E-state index in [1.54, 1.807) is 0 Å². The van der Waals surface area contributed by atoms with Gasteiger partial charge in [0, 0.05) is 11.5 Å². The van der Waals surface area contributed by atoms with E-state index in [4.69, 9.17) is 6.65 Å². The normalized spacial score (nSPS) is 9.43. The van der Waals surface area contributed by atoms with Crippen LogP contribution in [-0.4, -0.2) is 13.4 Å². The SMILES string of the molecule is [3H]SCCCN=[N+]=[N-]. The van der Waals surface area contributed by atoms with Gasteiger partial charge in [0.15, 0.2) is 0 Å². The monoisotopic (exact) mass is 119 g/mol. The molecule has 0 saturated heterocycles. The Morgan fingerprint density at radius 1 is 2.00 bits per heavy atom. The molecule has 0 aromatic heterocycles. The van der Waals surface area contributed by atoms with Gasteiger partial charge in [-0.15, -0.1) is 0 Å². The first-order chi connectivity index (χ1) is 3.91. The number of rotatable bonds is 4. The highest BCUT2D eigenvalue weighted by molar-refractivity contribution is 7.80. The fraction of sp³-hybridized carbons (Fsp3) is 1.00. The van der Waals surface area contributed by atoms with Gasteiger partial charge in [-0.05, 0) is 17.7 Å². The van der Waals surface area contributed by atoms with Gasteiger partial charge in [-0.2, -0.15) is 12.5 Å². The van der Waals surface area contributed by atoms with Gasteiger partial charge in [-0.25, -0.2) is 0 Å². The molecule has 3 nitrogen and oxygen atoms in total. The van der Waals surface area contributed by atoms with Crippen molar-refractivity contribution in [2.45, 2.75) is 6.42 Å². The minimum absolute atomic E-state index is 0.516. The zero-order chi connectivity index (χ0) is 6.24. The standard InChI is InChI=1S/C3H7N3S/c4-6-5-2-1-3-7/h7H,1-3H2/i/hT. The second kappa shape index (κ2) is 5.66. The van der Waals surface area contributed by atoms with Gasteiger partial charge in [-0.3, -0.25) is 0 Å². The van der Waals surface area contributed by atoms with Crippen molar-refractivity contribution in [3.05, 3.63) is 10.4 Å². The number of hydrogen-bond donors (Lipinski definition) is 1. The molecular formula is C3H7N3S. The lowest BCUT2D eigenvalue weighted by Gasteiger charge is -1.80. The van der Waals surface area contributed by atoms with E-state index in [-0.39, 0.29) is 0 Å². The lowest BCUT2D eigenvalue weighted by Crippen LogP contribution is -1.76. The maximum absolute atomic E-state index is 7.77. The summed E-state index contributed by atoms with van der Waals surface area (Å²) in [5.41, 5.74) is 7.77. The Hall–Kier alpha value is -0.340. The quantitative estimate of drug-likeness (QED) is 0.192. The van der Waals surface area contributed by atoms with Crippen LogP contribution in [0.2, 0.25) is 0 Å². The Kier molecular flexibility index (Phi) is 3.89. The number of hydrogen-bond acceptors (Lipinski definition) is 2. The van der Waals surface area contributed by atoms with Gasteiger partial charge >= 0.3 is 0 Å². The predicted molar refractivity (Wildman–Crippen MR) is 32.5 cm³/mol. The summed E-state index contributed by atoms with van der Waals surface area (Å²) in [5, 5.41) is 3.29. The van der Waals surface area contributed by atoms with Crippen molar-refractivity contribution in [3.8, 4) is 0 Å². The first-order valence-corrected chi connectivity index (χ1v) is 2.58. The Morgan fingerprint density at radius 3 is 3.43 bits per heavy atom. The maximum Gasteiger partial charge on any atom is 0.102 e. The third-order valence-electron chi connectivity index (χ3n) is 0.466. The average molecular weight is 119 g/mol. The van der Waals surface area contributed by atoms with Crippen LogP contribution in [0.15, 0.2) is 5.11 Å². The lowest BCUT2D eigenvalue weighted by molar-refractivity contribution is 0.935. The molecular weight excluding hydrogens is 110 g/mol. The van der Waals surface area contributed by atoms with Crippen LogP contribution in [0.3, 0.4) is 0 Å². The van der Waals surface area contributed by atoms with Crippen LogP contribution in [0.4, 0.5) is 0 Å². The lowest BCUT2D eigenvalue weighted by atomic mass is 10.5. The van der Waals surface area contributed by atoms with Crippen LogP contribution >= 0.6 is 12.5 Å². The third kappa shape index (κ3) is 5.66. The first-order valence-electron chi connectivity index (χ1n) is 2.41. The molecule has 0 aliphatic heterocycles. The summed E-state index contributed by atoms with van der Waals surface area (Å²) < 4.78 is 6.62. The number of azide groups is 1. The summed E-state index contributed by atoms with van der Waals surface area (Å²) in [5.74, 6) is 0.749. The molecule has 0 aromatic rings. The van der Waals surface area contributed by atoms with E-state index in [1.165, 1.54) is 0 Å². The van der Waals surface area contributed by atoms with Gasteiger partial charge in [0.25, 0.3) is 0 Å². The smallest absolute Gasteiger partial charge is 0.102 e. The van der Waals surface area contributed by atoms with Crippen LogP contribution in [0, 0.1) is 0 Å². The highest BCUT2D eigenvalue weighted by Gasteiger charge is 1.74. The first kappa shape index (κ1) is 4.81. The van der Waals surface area contributed by atoms with E-state index in [1.807, 2.05) is 0 Å². The van der Waals surface area contributed by atoms with Crippen LogP contribution in [-0.2, 0) is 0 Å². The molecule has 0 aliphatic carbocycles. The van der Waals surface area contributed by atoms with E-state index >= 15 is 0 Å². The van der Waals surface area contributed by atoms with Gasteiger partial charge in [0.05, 0.1) is 0 Å². The van der Waals surface area contributed by atoms with E-state index in [9.17, 15) is 0 Å².